The zero-order valence-electron chi connectivity index (χ0n) is 15.1. The Labute approximate surface area is 165 Å². The highest BCUT2D eigenvalue weighted by molar-refractivity contribution is 9.10. The van der Waals surface area contributed by atoms with Crippen molar-refractivity contribution in [3.63, 3.8) is 0 Å². The lowest BCUT2D eigenvalue weighted by Gasteiger charge is -2.15. The molecule has 0 spiro atoms. The minimum Gasteiger partial charge on any atom is -0.497 e. The van der Waals surface area contributed by atoms with Crippen LogP contribution in [-0.4, -0.2) is 42.2 Å². The fourth-order valence-corrected chi connectivity index (χ4v) is 2.98. The van der Waals surface area contributed by atoms with Gasteiger partial charge in [0.1, 0.15) is 11.5 Å². The molecule has 1 aromatic heterocycles. The van der Waals surface area contributed by atoms with Gasteiger partial charge < -0.3 is 18.9 Å². The monoisotopic (exact) mass is 431 g/mol. The zero-order valence-corrected chi connectivity index (χ0v) is 16.7. The first-order chi connectivity index (χ1) is 13.0. The maximum absolute atomic E-state index is 12.6. The average Bonchev–Trinajstić information content (AvgIpc) is 3.15. The number of carbonyl (C=O) groups excluding carboxylic acids is 1. The van der Waals surface area contributed by atoms with E-state index in [4.69, 9.17) is 14.0 Å². The Bertz CT molecular complexity index is 958. The average molecular weight is 432 g/mol. The Balaban J connectivity index is 1.78. The van der Waals surface area contributed by atoms with Crippen molar-refractivity contribution in [2.45, 2.75) is 6.54 Å². The van der Waals surface area contributed by atoms with Crippen LogP contribution < -0.4 is 9.47 Å². The van der Waals surface area contributed by atoms with Crippen LogP contribution >= 0.6 is 15.9 Å². The van der Waals surface area contributed by atoms with E-state index in [9.17, 15) is 4.79 Å². The van der Waals surface area contributed by atoms with Crippen molar-refractivity contribution >= 4 is 21.8 Å². The van der Waals surface area contributed by atoms with Gasteiger partial charge in [-0.15, -0.1) is 0 Å². The van der Waals surface area contributed by atoms with Crippen LogP contribution in [0.2, 0.25) is 0 Å². The van der Waals surface area contributed by atoms with Gasteiger partial charge in [0.25, 0.3) is 5.91 Å². The minimum absolute atomic E-state index is 0.149. The van der Waals surface area contributed by atoms with Gasteiger partial charge in [-0.2, -0.15) is 4.98 Å². The Morgan fingerprint density at radius 3 is 2.67 bits per heavy atom. The minimum atomic E-state index is -0.149. The lowest BCUT2D eigenvalue weighted by molar-refractivity contribution is 0.0768. The highest BCUT2D eigenvalue weighted by Gasteiger charge is 2.19. The van der Waals surface area contributed by atoms with Gasteiger partial charge >= 0.3 is 0 Å². The summed E-state index contributed by atoms with van der Waals surface area (Å²) in [5.74, 6) is 1.79. The quantitative estimate of drug-likeness (QED) is 0.590. The van der Waals surface area contributed by atoms with Crippen LogP contribution in [0.25, 0.3) is 11.4 Å². The molecule has 1 amide bonds. The first kappa shape index (κ1) is 18.9. The van der Waals surface area contributed by atoms with Crippen LogP contribution in [0.4, 0.5) is 0 Å². The second kappa shape index (κ2) is 8.22. The SMILES string of the molecule is COc1ccc(-c2noc(CN(C)C(=O)c3ccccc3Br)n2)c(OC)c1. The molecule has 3 rings (SSSR count). The van der Waals surface area contributed by atoms with Gasteiger partial charge in [0.2, 0.25) is 11.7 Å². The lowest BCUT2D eigenvalue weighted by Crippen LogP contribution is -2.26. The highest BCUT2D eigenvalue weighted by atomic mass is 79.9. The topological polar surface area (TPSA) is 77.7 Å². The Kier molecular flexibility index (Phi) is 5.75. The number of ether oxygens (including phenoxy) is 2. The molecule has 0 radical (unpaired) electrons. The molecule has 140 valence electrons. The standard InChI is InChI=1S/C19H18BrN3O4/c1-23(19(24)13-6-4-5-7-15(13)20)11-17-21-18(22-27-17)14-9-8-12(25-2)10-16(14)26-3/h4-10H,11H2,1-3H3. The van der Waals surface area contributed by atoms with E-state index in [1.54, 1.807) is 45.5 Å². The van der Waals surface area contributed by atoms with Crippen molar-refractivity contribution < 1.29 is 18.8 Å². The van der Waals surface area contributed by atoms with Gasteiger partial charge in [-0.1, -0.05) is 17.3 Å². The van der Waals surface area contributed by atoms with Gasteiger partial charge in [-0.3, -0.25) is 4.79 Å². The number of aromatic nitrogens is 2. The van der Waals surface area contributed by atoms with E-state index >= 15 is 0 Å². The van der Waals surface area contributed by atoms with E-state index in [0.29, 0.717) is 34.3 Å². The van der Waals surface area contributed by atoms with Crippen molar-refractivity contribution in [1.29, 1.82) is 0 Å². The van der Waals surface area contributed by atoms with Gasteiger partial charge in [0.15, 0.2) is 0 Å². The third-order valence-electron chi connectivity index (χ3n) is 3.94. The summed E-state index contributed by atoms with van der Waals surface area (Å²) in [7, 11) is 4.82. The molecule has 0 fully saturated rings. The van der Waals surface area contributed by atoms with E-state index in [-0.39, 0.29) is 12.5 Å². The Morgan fingerprint density at radius 1 is 1.19 bits per heavy atom. The van der Waals surface area contributed by atoms with Crippen LogP contribution in [0.15, 0.2) is 51.5 Å². The van der Waals surface area contributed by atoms with Crippen molar-refractivity contribution in [2.75, 3.05) is 21.3 Å². The number of halogens is 1. The number of rotatable bonds is 6. The third-order valence-corrected chi connectivity index (χ3v) is 4.63. The molecule has 27 heavy (non-hydrogen) atoms. The number of methoxy groups -OCH3 is 2. The van der Waals surface area contributed by atoms with Crippen molar-refractivity contribution in [1.82, 2.24) is 15.0 Å². The van der Waals surface area contributed by atoms with E-state index in [1.807, 2.05) is 18.2 Å². The molecule has 3 aromatic rings. The fraction of sp³-hybridized carbons (Fsp3) is 0.211. The molecule has 0 atom stereocenters. The molecule has 0 bridgehead atoms. The molecular formula is C19H18BrN3O4. The summed E-state index contributed by atoms with van der Waals surface area (Å²) in [6.45, 7) is 0.186. The zero-order chi connectivity index (χ0) is 19.4. The maximum atomic E-state index is 12.6. The van der Waals surface area contributed by atoms with Crippen molar-refractivity contribution in [3.05, 3.63) is 58.4 Å². The molecule has 7 nitrogen and oxygen atoms in total. The summed E-state index contributed by atoms with van der Waals surface area (Å²) in [4.78, 5) is 18.5. The number of nitrogens with zero attached hydrogens (tertiary/aromatic N) is 3. The number of carbonyl (C=O) groups is 1. The van der Waals surface area contributed by atoms with Crippen LogP contribution in [0.1, 0.15) is 16.2 Å². The summed E-state index contributed by atoms with van der Waals surface area (Å²) in [6, 6.07) is 12.6. The van der Waals surface area contributed by atoms with Crippen LogP contribution in [-0.2, 0) is 6.54 Å². The predicted octanol–water partition coefficient (Wildman–Crippen LogP) is 3.79. The van der Waals surface area contributed by atoms with E-state index in [2.05, 4.69) is 26.1 Å². The number of amides is 1. The molecule has 0 aliphatic rings. The molecule has 0 aliphatic carbocycles. The summed E-state index contributed by atoms with van der Waals surface area (Å²) >= 11 is 3.39. The number of hydrogen-bond donors (Lipinski definition) is 0. The number of hydrogen-bond acceptors (Lipinski definition) is 6. The van der Waals surface area contributed by atoms with E-state index in [1.165, 1.54) is 4.90 Å². The first-order valence-corrected chi connectivity index (χ1v) is 8.87. The van der Waals surface area contributed by atoms with Gasteiger partial charge in [0.05, 0.1) is 31.9 Å². The maximum Gasteiger partial charge on any atom is 0.255 e. The fourth-order valence-electron chi connectivity index (χ4n) is 2.53. The molecule has 0 N–H and O–H groups in total. The summed E-state index contributed by atoms with van der Waals surface area (Å²) < 4.78 is 16.6. The lowest BCUT2D eigenvalue weighted by atomic mass is 10.2. The largest absolute Gasteiger partial charge is 0.497 e. The Hall–Kier alpha value is -2.87. The molecule has 1 heterocycles. The molecule has 8 heteroatoms. The summed E-state index contributed by atoms with van der Waals surface area (Å²) in [5.41, 5.74) is 1.24. The van der Waals surface area contributed by atoms with Crippen LogP contribution in [0.3, 0.4) is 0 Å². The summed E-state index contributed by atoms with van der Waals surface area (Å²) in [6.07, 6.45) is 0. The van der Waals surface area contributed by atoms with Gasteiger partial charge in [-0.25, -0.2) is 0 Å². The molecular weight excluding hydrogens is 414 g/mol. The van der Waals surface area contributed by atoms with Crippen LogP contribution in [0, 0.1) is 0 Å². The Morgan fingerprint density at radius 2 is 1.96 bits per heavy atom. The summed E-state index contributed by atoms with van der Waals surface area (Å²) in [5, 5.41) is 4.00. The smallest absolute Gasteiger partial charge is 0.255 e. The molecule has 0 aliphatic heterocycles. The molecule has 0 saturated heterocycles. The molecule has 0 unspecified atom stereocenters. The molecule has 0 saturated carbocycles. The first-order valence-electron chi connectivity index (χ1n) is 8.08. The highest BCUT2D eigenvalue weighted by Crippen LogP contribution is 2.31. The normalized spacial score (nSPS) is 10.5. The predicted molar refractivity (Wildman–Crippen MR) is 103 cm³/mol. The van der Waals surface area contributed by atoms with Crippen molar-refractivity contribution in [3.8, 4) is 22.9 Å². The second-order valence-corrected chi connectivity index (χ2v) is 6.57. The van der Waals surface area contributed by atoms with E-state index < -0.39 is 0 Å². The van der Waals surface area contributed by atoms with Gasteiger partial charge in [0, 0.05) is 17.6 Å². The molecule has 2 aromatic carbocycles. The van der Waals surface area contributed by atoms with Gasteiger partial charge in [-0.05, 0) is 40.2 Å². The number of benzene rings is 2. The second-order valence-electron chi connectivity index (χ2n) is 5.72. The van der Waals surface area contributed by atoms with Crippen LogP contribution in [0.5, 0.6) is 11.5 Å². The van der Waals surface area contributed by atoms with Crippen molar-refractivity contribution in [2.24, 2.45) is 0 Å². The van der Waals surface area contributed by atoms with E-state index in [0.717, 1.165) is 4.47 Å². The third kappa shape index (κ3) is 4.11.